The highest BCUT2D eigenvalue weighted by atomic mass is 35.5. The van der Waals surface area contributed by atoms with Crippen LogP contribution in [0.5, 0.6) is 0 Å². The van der Waals surface area contributed by atoms with Gasteiger partial charge in [0, 0.05) is 43.1 Å². The van der Waals surface area contributed by atoms with Crippen molar-refractivity contribution in [3.05, 3.63) is 117 Å². The molecule has 1 aliphatic heterocycles. The Kier molecular flexibility index (Phi) is 6.48. The number of carbonyl (C=O) groups is 1. The average Bonchev–Trinajstić information content (AvgIpc) is 2.86. The lowest BCUT2D eigenvalue weighted by atomic mass is 10.0. The minimum Gasteiger partial charge on any atom is -0.422 e. The molecule has 2 heterocycles. The Bertz CT molecular complexity index is 1380. The topological polar surface area (TPSA) is 53.8 Å². The second-order valence-electron chi connectivity index (χ2n) is 8.64. The van der Waals surface area contributed by atoms with Crippen LogP contribution < -0.4 is 5.63 Å². The highest BCUT2D eigenvalue weighted by Crippen LogP contribution is 2.22. The van der Waals surface area contributed by atoms with Crippen LogP contribution in [0, 0.1) is 0 Å². The van der Waals surface area contributed by atoms with Gasteiger partial charge in [0.25, 0.3) is 5.91 Å². The number of piperazine rings is 1. The van der Waals surface area contributed by atoms with Crippen LogP contribution in [0.1, 0.15) is 27.0 Å². The highest BCUT2D eigenvalue weighted by Gasteiger charge is 2.25. The molecule has 1 amide bonds. The molecule has 0 radical (unpaired) electrons. The summed E-state index contributed by atoms with van der Waals surface area (Å²) < 4.78 is 5.49. The van der Waals surface area contributed by atoms with Crippen molar-refractivity contribution in [3.8, 4) is 0 Å². The van der Waals surface area contributed by atoms with E-state index in [9.17, 15) is 9.59 Å². The van der Waals surface area contributed by atoms with Gasteiger partial charge in [-0.1, -0.05) is 66.2 Å². The smallest absolute Gasteiger partial charge is 0.349 e. The third kappa shape index (κ3) is 4.91. The molecule has 4 aromatic rings. The van der Waals surface area contributed by atoms with Crippen LogP contribution in [0.3, 0.4) is 0 Å². The van der Waals surface area contributed by atoms with E-state index in [-0.39, 0.29) is 11.5 Å². The van der Waals surface area contributed by atoms with Gasteiger partial charge >= 0.3 is 5.63 Å². The summed E-state index contributed by atoms with van der Waals surface area (Å²) in [6.45, 7) is 3.55. The summed E-state index contributed by atoms with van der Waals surface area (Å²) in [5.41, 5.74) is 3.26. The maximum Gasteiger partial charge on any atom is 0.349 e. The van der Waals surface area contributed by atoms with Gasteiger partial charge in [-0.05, 0) is 47.4 Å². The lowest BCUT2D eigenvalue weighted by molar-refractivity contribution is 0.0624. The Hall–Kier alpha value is -3.41. The fourth-order valence-electron chi connectivity index (χ4n) is 4.41. The molecular formula is C28H25ClN2O3. The molecule has 172 valence electrons. The van der Waals surface area contributed by atoms with Gasteiger partial charge in [-0.15, -0.1) is 0 Å². The second kappa shape index (κ2) is 9.84. The van der Waals surface area contributed by atoms with Gasteiger partial charge in [0.05, 0.1) is 0 Å². The van der Waals surface area contributed by atoms with Crippen molar-refractivity contribution in [2.75, 3.05) is 26.2 Å². The van der Waals surface area contributed by atoms with E-state index >= 15 is 0 Å². The standard InChI is InChI=1S/C28H25ClN2O3/c29-25-9-5-4-8-22(25)16-21-10-11-26-23(17-21)18-24(28(33)34-26)27(32)31-14-12-30(13-15-31)19-20-6-2-1-3-7-20/h1-11,17-18H,12-16,19H2. The Morgan fingerprint density at radius 3 is 2.35 bits per heavy atom. The van der Waals surface area contributed by atoms with Gasteiger partial charge < -0.3 is 9.32 Å². The van der Waals surface area contributed by atoms with E-state index in [1.54, 1.807) is 17.0 Å². The van der Waals surface area contributed by atoms with Gasteiger partial charge in [0.1, 0.15) is 11.1 Å². The molecule has 5 rings (SSSR count). The summed E-state index contributed by atoms with van der Waals surface area (Å²) in [7, 11) is 0. The van der Waals surface area contributed by atoms with Crippen LogP contribution in [0.4, 0.5) is 0 Å². The zero-order valence-corrected chi connectivity index (χ0v) is 19.5. The molecule has 0 unspecified atom stereocenters. The Balaban J connectivity index is 1.31. The molecular weight excluding hydrogens is 448 g/mol. The minimum absolute atomic E-state index is 0.0823. The average molecular weight is 473 g/mol. The van der Waals surface area contributed by atoms with Gasteiger partial charge in [0.15, 0.2) is 0 Å². The van der Waals surface area contributed by atoms with Gasteiger partial charge in [-0.3, -0.25) is 9.69 Å². The second-order valence-corrected chi connectivity index (χ2v) is 9.05. The zero-order chi connectivity index (χ0) is 23.5. The maximum absolute atomic E-state index is 13.2. The lowest BCUT2D eigenvalue weighted by Gasteiger charge is -2.34. The number of benzene rings is 3. The molecule has 6 heteroatoms. The first-order valence-electron chi connectivity index (χ1n) is 11.4. The number of fused-ring (bicyclic) bond motifs is 1. The number of amides is 1. The first-order chi connectivity index (χ1) is 16.6. The highest BCUT2D eigenvalue weighted by molar-refractivity contribution is 6.31. The summed E-state index contributed by atoms with van der Waals surface area (Å²) in [5, 5.41) is 1.44. The van der Waals surface area contributed by atoms with Gasteiger partial charge in [0.2, 0.25) is 0 Å². The number of rotatable bonds is 5. The van der Waals surface area contributed by atoms with Crippen LogP contribution in [-0.2, 0) is 13.0 Å². The fourth-order valence-corrected chi connectivity index (χ4v) is 4.62. The summed E-state index contributed by atoms with van der Waals surface area (Å²) in [4.78, 5) is 29.8. The lowest BCUT2D eigenvalue weighted by Crippen LogP contribution is -2.49. The quantitative estimate of drug-likeness (QED) is 0.384. The molecule has 0 saturated carbocycles. The van der Waals surface area contributed by atoms with E-state index in [1.807, 2.05) is 54.6 Å². The molecule has 1 saturated heterocycles. The van der Waals surface area contributed by atoms with Crippen molar-refractivity contribution < 1.29 is 9.21 Å². The van der Waals surface area contributed by atoms with Crippen molar-refractivity contribution in [1.82, 2.24) is 9.80 Å². The molecule has 0 spiro atoms. The van der Waals surface area contributed by atoms with Crippen LogP contribution in [0.25, 0.3) is 11.0 Å². The van der Waals surface area contributed by atoms with Crippen molar-refractivity contribution in [2.45, 2.75) is 13.0 Å². The van der Waals surface area contributed by atoms with Crippen molar-refractivity contribution in [2.24, 2.45) is 0 Å². The molecule has 3 aromatic carbocycles. The first-order valence-corrected chi connectivity index (χ1v) is 11.8. The van der Waals surface area contributed by atoms with E-state index in [1.165, 1.54) is 5.56 Å². The van der Waals surface area contributed by atoms with E-state index in [0.717, 1.165) is 36.1 Å². The molecule has 34 heavy (non-hydrogen) atoms. The number of hydrogen-bond acceptors (Lipinski definition) is 4. The third-order valence-corrected chi connectivity index (χ3v) is 6.66. The number of halogens is 1. The monoisotopic (exact) mass is 472 g/mol. The summed E-state index contributed by atoms with van der Waals surface area (Å²) in [6.07, 6.45) is 0.654. The molecule has 0 aliphatic carbocycles. The molecule has 0 atom stereocenters. The molecule has 5 nitrogen and oxygen atoms in total. The van der Waals surface area contributed by atoms with Crippen LogP contribution in [0.2, 0.25) is 5.02 Å². The number of hydrogen-bond donors (Lipinski definition) is 0. The molecule has 0 N–H and O–H groups in total. The maximum atomic E-state index is 13.2. The third-order valence-electron chi connectivity index (χ3n) is 6.29. The van der Waals surface area contributed by atoms with Crippen molar-refractivity contribution in [1.29, 1.82) is 0 Å². The van der Waals surface area contributed by atoms with Crippen molar-refractivity contribution in [3.63, 3.8) is 0 Å². The van der Waals surface area contributed by atoms with E-state index in [2.05, 4.69) is 17.0 Å². The molecule has 1 fully saturated rings. The first kappa shape index (κ1) is 22.4. The van der Waals surface area contributed by atoms with Gasteiger partial charge in [-0.25, -0.2) is 4.79 Å². The summed E-state index contributed by atoms with van der Waals surface area (Å²) >= 11 is 6.31. The Morgan fingerprint density at radius 1 is 0.853 bits per heavy atom. The predicted molar refractivity (Wildman–Crippen MR) is 134 cm³/mol. The molecule has 1 aliphatic rings. The normalized spacial score (nSPS) is 14.4. The predicted octanol–water partition coefficient (Wildman–Crippen LogP) is 5.00. The Morgan fingerprint density at radius 2 is 1.59 bits per heavy atom. The van der Waals surface area contributed by atoms with E-state index < -0.39 is 5.63 Å². The fraction of sp³-hybridized carbons (Fsp3) is 0.214. The van der Waals surface area contributed by atoms with Crippen LogP contribution in [-0.4, -0.2) is 41.9 Å². The zero-order valence-electron chi connectivity index (χ0n) is 18.7. The minimum atomic E-state index is -0.594. The number of carbonyl (C=O) groups excluding carboxylic acids is 1. The van der Waals surface area contributed by atoms with E-state index in [0.29, 0.717) is 30.1 Å². The van der Waals surface area contributed by atoms with Crippen LogP contribution in [0.15, 0.2) is 88.1 Å². The van der Waals surface area contributed by atoms with Gasteiger partial charge in [-0.2, -0.15) is 0 Å². The summed E-state index contributed by atoms with van der Waals surface area (Å²) in [6, 6.07) is 25.3. The number of nitrogens with zero attached hydrogens (tertiary/aromatic N) is 2. The van der Waals surface area contributed by atoms with E-state index in [4.69, 9.17) is 16.0 Å². The SMILES string of the molecule is O=C(c1cc2cc(Cc3ccccc3Cl)ccc2oc1=O)N1CCN(Cc2ccccc2)CC1. The molecule has 1 aromatic heterocycles. The molecule has 0 bridgehead atoms. The Labute approximate surface area is 203 Å². The van der Waals surface area contributed by atoms with Crippen molar-refractivity contribution >= 4 is 28.5 Å². The van der Waals surface area contributed by atoms with Crippen LogP contribution >= 0.6 is 11.6 Å². The summed E-state index contributed by atoms with van der Waals surface area (Å²) in [5.74, 6) is -0.272. The largest absolute Gasteiger partial charge is 0.422 e.